The Bertz CT molecular complexity index is 724. The van der Waals surface area contributed by atoms with Crippen LogP contribution in [-0.2, 0) is 4.79 Å². The second-order valence-corrected chi connectivity index (χ2v) is 6.83. The van der Waals surface area contributed by atoms with E-state index in [1.54, 1.807) is 6.07 Å². The third-order valence-electron chi connectivity index (χ3n) is 4.27. The average Bonchev–Trinajstić information content (AvgIpc) is 2.55. The highest BCUT2D eigenvalue weighted by molar-refractivity contribution is 9.10. The van der Waals surface area contributed by atoms with Crippen LogP contribution in [0, 0.1) is 27.4 Å². The van der Waals surface area contributed by atoms with E-state index in [2.05, 4.69) is 28.2 Å². The summed E-state index contributed by atoms with van der Waals surface area (Å²) in [7, 11) is 0. The van der Waals surface area contributed by atoms with E-state index in [9.17, 15) is 20.2 Å². The summed E-state index contributed by atoms with van der Waals surface area (Å²) in [4.78, 5) is 22.8. The van der Waals surface area contributed by atoms with Gasteiger partial charge in [0.15, 0.2) is 0 Å². The number of hydrogen-bond donors (Lipinski definition) is 1. The Morgan fingerprint density at radius 2 is 2.17 bits per heavy atom. The normalized spacial score (nSPS) is 21.0. The molecule has 0 unspecified atom stereocenters. The summed E-state index contributed by atoms with van der Waals surface area (Å²) in [6, 6.07) is 6.43. The highest BCUT2D eigenvalue weighted by Crippen LogP contribution is 2.27. The number of carbonyl (C=O) groups excluding carboxylic acids is 1. The molecule has 1 aromatic rings. The van der Waals surface area contributed by atoms with E-state index in [4.69, 9.17) is 0 Å². The minimum atomic E-state index is -0.517. The number of halogens is 1. The number of amides is 1. The molecule has 0 aliphatic heterocycles. The summed E-state index contributed by atoms with van der Waals surface area (Å²) >= 11 is 3.11. The van der Waals surface area contributed by atoms with E-state index in [0.29, 0.717) is 16.0 Å². The van der Waals surface area contributed by atoms with Crippen molar-refractivity contribution in [1.82, 2.24) is 5.32 Å². The zero-order chi connectivity index (χ0) is 17.7. The molecule has 24 heavy (non-hydrogen) atoms. The van der Waals surface area contributed by atoms with Crippen molar-refractivity contribution < 1.29 is 9.72 Å². The Balaban J connectivity index is 2.19. The van der Waals surface area contributed by atoms with E-state index < -0.39 is 10.8 Å². The molecule has 1 amide bonds. The van der Waals surface area contributed by atoms with E-state index >= 15 is 0 Å². The van der Waals surface area contributed by atoms with Crippen molar-refractivity contribution in [2.24, 2.45) is 5.92 Å². The van der Waals surface area contributed by atoms with Gasteiger partial charge >= 0.3 is 0 Å². The van der Waals surface area contributed by atoms with Crippen molar-refractivity contribution in [2.45, 2.75) is 38.6 Å². The van der Waals surface area contributed by atoms with Gasteiger partial charge in [-0.25, -0.2) is 0 Å². The molecule has 1 aromatic carbocycles. The number of carbonyl (C=O) groups is 1. The second kappa shape index (κ2) is 8.06. The number of nitrogens with zero attached hydrogens (tertiary/aromatic N) is 2. The van der Waals surface area contributed by atoms with Gasteiger partial charge in [-0.05, 0) is 52.4 Å². The highest BCUT2D eigenvalue weighted by atomic mass is 79.9. The van der Waals surface area contributed by atoms with Crippen LogP contribution in [0.5, 0.6) is 0 Å². The number of nitriles is 1. The summed E-state index contributed by atoms with van der Waals surface area (Å²) in [6.07, 6.45) is 5.59. The van der Waals surface area contributed by atoms with Crippen molar-refractivity contribution in [3.63, 3.8) is 0 Å². The maximum absolute atomic E-state index is 12.3. The molecule has 2 rings (SSSR count). The number of nitro groups is 1. The van der Waals surface area contributed by atoms with Gasteiger partial charge in [0, 0.05) is 12.1 Å². The summed E-state index contributed by atoms with van der Waals surface area (Å²) in [6.45, 7) is 2.10. The zero-order valence-electron chi connectivity index (χ0n) is 13.3. The number of nitrogens with one attached hydrogen (secondary N) is 1. The van der Waals surface area contributed by atoms with Gasteiger partial charge in [-0.15, -0.1) is 0 Å². The molecule has 0 spiro atoms. The van der Waals surface area contributed by atoms with Crippen LogP contribution in [-0.4, -0.2) is 16.9 Å². The molecular formula is C17H18BrN3O3. The van der Waals surface area contributed by atoms with Crippen LogP contribution in [0.3, 0.4) is 0 Å². The van der Waals surface area contributed by atoms with E-state index in [1.165, 1.54) is 18.2 Å². The molecule has 1 N–H and O–H groups in total. The Morgan fingerprint density at radius 1 is 1.46 bits per heavy atom. The first kappa shape index (κ1) is 18.1. The van der Waals surface area contributed by atoms with E-state index in [-0.39, 0.29) is 17.3 Å². The smallest absolute Gasteiger partial charge is 0.284 e. The molecule has 2 atom stereocenters. The number of hydrogen-bond acceptors (Lipinski definition) is 4. The first-order chi connectivity index (χ1) is 11.4. The third kappa shape index (κ3) is 4.42. The highest BCUT2D eigenvalue weighted by Gasteiger charge is 2.24. The molecule has 0 radical (unpaired) electrons. The minimum Gasteiger partial charge on any atom is -0.348 e. The lowest BCUT2D eigenvalue weighted by atomic mass is 9.86. The molecule has 7 heteroatoms. The third-order valence-corrected chi connectivity index (χ3v) is 4.94. The predicted octanol–water partition coefficient (Wildman–Crippen LogP) is 3.96. The van der Waals surface area contributed by atoms with E-state index in [0.717, 1.165) is 25.7 Å². The van der Waals surface area contributed by atoms with Crippen LogP contribution in [0.1, 0.15) is 38.2 Å². The van der Waals surface area contributed by atoms with Crippen molar-refractivity contribution in [3.8, 4) is 6.07 Å². The Kier molecular flexibility index (Phi) is 6.10. The van der Waals surface area contributed by atoms with Crippen LogP contribution < -0.4 is 5.32 Å². The summed E-state index contributed by atoms with van der Waals surface area (Å²) in [5.74, 6) is -0.0433. The zero-order valence-corrected chi connectivity index (χ0v) is 14.9. The maximum atomic E-state index is 12.3. The van der Waals surface area contributed by atoms with Crippen LogP contribution in [0.25, 0.3) is 6.08 Å². The minimum absolute atomic E-state index is 0.0515. The number of nitro benzene ring substituents is 1. The molecule has 0 saturated heterocycles. The molecule has 126 valence electrons. The average molecular weight is 392 g/mol. The maximum Gasteiger partial charge on any atom is 0.284 e. The number of benzene rings is 1. The molecule has 6 nitrogen and oxygen atoms in total. The number of rotatable bonds is 4. The summed E-state index contributed by atoms with van der Waals surface area (Å²) in [5.41, 5.74) is 0.278. The van der Waals surface area contributed by atoms with Gasteiger partial charge < -0.3 is 5.32 Å². The van der Waals surface area contributed by atoms with Crippen LogP contribution in [0.15, 0.2) is 28.2 Å². The van der Waals surface area contributed by atoms with Gasteiger partial charge in [-0.2, -0.15) is 5.26 Å². The topological polar surface area (TPSA) is 96.0 Å². The van der Waals surface area contributed by atoms with Crippen molar-refractivity contribution in [1.29, 1.82) is 5.26 Å². The van der Waals surface area contributed by atoms with Gasteiger partial charge in [0.25, 0.3) is 11.6 Å². The Hall–Kier alpha value is -2.20. The monoisotopic (exact) mass is 391 g/mol. The Labute approximate surface area is 148 Å². The standard InChI is InChI=1S/C17H18BrN3O3/c1-11-4-2-3-5-15(11)20-17(22)13(10-19)8-12-6-7-14(18)16(9-12)21(23)24/h6-9,11,15H,2-5H2,1H3,(H,20,22)/b13-8+/t11-,15+/m1/s1. The fourth-order valence-electron chi connectivity index (χ4n) is 2.85. The molecule has 0 bridgehead atoms. The molecule has 0 heterocycles. The lowest BCUT2D eigenvalue weighted by molar-refractivity contribution is -0.385. The van der Waals surface area contributed by atoms with E-state index in [1.807, 2.05) is 6.07 Å². The molecule has 0 aromatic heterocycles. The molecule has 1 aliphatic carbocycles. The largest absolute Gasteiger partial charge is 0.348 e. The fraction of sp³-hybridized carbons (Fsp3) is 0.412. The van der Waals surface area contributed by atoms with Crippen LogP contribution in [0.4, 0.5) is 5.69 Å². The fourth-order valence-corrected chi connectivity index (χ4v) is 3.24. The van der Waals surface area contributed by atoms with Gasteiger partial charge in [-0.1, -0.05) is 25.8 Å². The molecule has 1 aliphatic rings. The van der Waals surface area contributed by atoms with Crippen molar-refractivity contribution in [3.05, 3.63) is 43.9 Å². The summed E-state index contributed by atoms with van der Waals surface area (Å²) in [5, 5.41) is 23.2. The van der Waals surface area contributed by atoms with Gasteiger partial charge in [-0.3, -0.25) is 14.9 Å². The lowest BCUT2D eigenvalue weighted by Crippen LogP contribution is -2.41. The molecular weight excluding hydrogens is 374 g/mol. The van der Waals surface area contributed by atoms with Crippen LogP contribution in [0.2, 0.25) is 0 Å². The quantitative estimate of drug-likeness (QED) is 0.363. The first-order valence-corrected chi connectivity index (χ1v) is 8.58. The van der Waals surface area contributed by atoms with Crippen LogP contribution >= 0.6 is 15.9 Å². The second-order valence-electron chi connectivity index (χ2n) is 5.98. The summed E-state index contributed by atoms with van der Waals surface area (Å²) < 4.78 is 0.351. The SMILES string of the molecule is C[C@@H]1CCCC[C@@H]1NC(=O)/C(C#N)=C/c1ccc(Br)c([N+](=O)[O-])c1. The molecule has 1 fully saturated rings. The van der Waals surface area contributed by atoms with Gasteiger partial charge in [0.1, 0.15) is 11.6 Å². The van der Waals surface area contributed by atoms with Gasteiger partial charge in [0.2, 0.25) is 0 Å². The van der Waals surface area contributed by atoms with Crippen molar-refractivity contribution in [2.75, 3.05) is 0 Å². The lowest BCUT2D eigenvalue weighted by Gasteiger charge is -2.29. The predicted molar refractivity (Wildman–Crippen MR) is 93.9 cm³/mol. The van der Waals surface area contributed by atoms with Gasteiger partial charge in [0.05, 0.1) is 9.40 Å². The first-order valence-electron chi connectivity index (χ1n) is 7.79. The Morgan fingerprint density at radius 3 is 2.79 bits per heavy atom. The molecule has 1 saturated carbocycles. The van der Waals surface area contributed by atoms with Crippen molar-refractivity contribution >= 4 is 33.6 Å².